The van der Waals surface area contributed by atoms with Gasteiger partial charge >= 0.3 is 5.63 Å². The minimum absolute atomic E-state index is 0.102. The Morgan fingerprint density at radius 1 is 1.09 bits per heavy atom. The molecule has 2 aromatic carbocycles. The van der Waals surface area contributed by atoms with E-state index in [-0.39, 0.29) is 11.4 Å². The maximum absolute atomic E-state index is 11.8. The number of benzene rings is 2. The summed E-state index contributed by atoms with van der Waals surface area (Å²) in [6.45, 7) is 2.55. The summed E-state index contributed by atoms with van der Waals surface area (Å²) in [5, 5.41) is 10.4. The average molecular weight is 307 g/mol. The molecule has 0 spiro atoms. The van der Waals surface area contributed by atoms with Gasteiger partial charge in [0.2, 0.25) is 0 Å². The van der Waals surface area contributed by atoms with Crippen LogP contribution in [0.2, 0.25) is 0 Å². The highest BCUT2D eigenvalue weighted by Crippen LogP contribution is 2.25. The van der Waals surface area contributed by atoms with Gasteiger partial charge in [0.05, 0.1) is 0 Å². The number of fused-ring (bicyclic) bond motifs is 2. The first-order valence-electron chi connectivity index (χ1n) is 7.74. The minimum Gasteiger partial charge on any atom is -0.508 e. The molecule has 23 heavy (non-hydrogen) atoms. The summed E-state index contributed by atoms with van der Waals surface area (Å²) in [6, 6.07) is 15.0. The molecule has 0 saturated carbocycles. The van der Waals surface area contributed by atoms with Gasteiger partial charge in [-0.1, -0.05) is 24.3 Å². The number of phenols is 1. The van der Waals surface area contributed by atoms with E-state index in [1.54, 1.807) is 18.2 Å². The topological polar surface area (TPSA) is 53.7 Å². The van der Waals surface area contributed by atoms with E-state index >= 15 is 0 Å². The Bertz CT molecular complexity index is 929. The third-order valence-electron chi connectivity index (χ3n) is 4.42. The molecule has 1 aromatic heterocycles. The number of aromatic hydroxyl groups is 1. The summed E-state index contributed by atoms with van der Waals surface area (Å²) in [5.74, 6) is 0.102. The fourth-order valence-corrected chi connectivity index (χ4v) is 3.28. The summed E-state index contributed by atoms with van der Waals surface area (Å²) in [6.07, 6.45) is 1.02. The van der Waals surface area contributed by atoms with Gasteiger partial charge in [-0.3, -0.25) is 4.90 Å². The van der Waals surface area contributed by atoms with Crippen molar-refractivity contribution in [1.82, 2.24) is 4.90 Å². The van der Waals surface area contributed by atoms with Crippen molar-refractivity contribution in [3.05, 3.63) is 75.6 Å². The highest BCUT2D eigenvalue weighted by Gasteiger charge is 2.17. The van der Waals surface area contributed by atoms with Gasteiger partial charge in [0.15, 0.2) is 0 Å². The Labute approximate surface area is 133 Å². The third-order valence-corrected chi connectivity index (χ3v) is 4.42. The predicted molar refractivity (Wildman–Crippen MR) is 88.4 cm³/mol. The molecular formula is C19H17NO3. The number of nitrogens with zero attached hydrogens (tertiary/aromatic N) is 1. The summed E-state index contributed by atoms with van der Waals surface area (Å²) in [7, 11) is 0. The Hall–Kier alpha value is -2.59. The largest absolute Gasteiger partial charge is 0.508 e. The highest BCUT2D eigenvalue weighted by molar-refractivity contribution is 5.81. The zero-order valence-corrected chi connectivity index (χ0v) is 12.7. The molecule has 1 aliphatic rings. The van der Waals surface area contributed by atoms with Gasteiger partial charge < -0.3 is 9.52 Å². The van der Waals surface area contributed by atoms with Gasteiger partial charge in [0.1, 0.15) is 11.3 Å². The van der Waals surface area contributed by atoms with E-state index in [9.17, 15) is 9.90 Å². The first kappa shape index (κ1) is 14.0. The van der Waals surface area contributed by atoms with Gasteiger partial charge in [-0.15, -0.1) is 0 Å². The quantitative estimate of drug-likeness (QED) is 0.739. The van der Waals surface area contributed by atoms with Crippen LogP contribution >= 0.6 is 0 Å². The molecule has 3 aromatic rings. The lowest BCUT2D eigenvalue weighted by atomic mass is 9.99. The van der Waals surface area contributed by atoms with Crippen molar-refractivity contribution in [2.75, 3.05) is 6.54 Å². The Balaban J connectivity index is 1.67. The molecule has 1 N–H and O–H groups in total. The monoisotopic (exact) mass is 307 g/mol. The molecule has 0 radical (unpaired) electrons. The van der Waals surface area contributed by atoms with Crippen LogP contribution in [-0.4, -0.2) is 16.6 Å². The molecule has 0 saturated heterocycles. The number of hydrogen-bond donors (Lipinski definition) is 1. The van der Waals surface area contributed by atoms with Crippen LogP contribution in [0.5, 0.6) is 5.75 Å². The smallest absolute Gasteiger partial charge is 0.336 e. The van der Waals surface area contributed by atoms with Crippen LogP contribution in [0.15, 0.2) is 57.7 Å². The lowest BCUT2D eigenvalue weighted by Crippen LogP contribution is -2.30. The van der Waals surface area contributed by atoms with Crippen LogP contribution in [0.25, 0.3) is 11.0 Å². The minimum atomic E-state index is -0.379. The lowest BCUT2D eigenvalue weighted by molar-refractivity contribution is 0.246. The third kappa shape index (κ3) is 2.73. The first-order valence-corrected chi connectivity index (χ1v) is 7.74. The molecule has 0 atom stereocenters. The van der Waals surface area contributed by atoms with E-state index in [1.165, 1.54) is 17.2 Å². The van der Waals surface area contributed by atoms with Gasteiger partial charge in [0.25, 0.3) is 0 Å². The van der Waals surface area contributed by atoms with Crippen molar-refractivity contribution in [3.63, 3.8) is 0 Å². The molecule has 0 bridgehead atoms. The zero-order chi connectivity index (χ0) is 15.8. The SMILES string of the molecule is O=c1cc(CN2CCc3ccccc3C2)c2ccc(O)cc2o1. The van der Waals surface area contributed by atoms with Gasteiger partial charge in [0, 0.05) is 37.2 Å². The van der Waals surface area contributed by atoms with Crippen LogP contribution in [0.3, 0.4) is 0 Å². The van der Waals surface area contributed by atoms with Crippen molar-refractivity contribution >= 4 is 11.0 Å². The van der Waals surface area contributed by atoms with E-state index in [1.807, 2.05) is 0 Å². The van der Waals surface area contributed by atoms with Crippen molar-refractivity contribution < 1.29 is 9.52 Å². The standard InChI is InChI=1S/C19H17NO3/c21-16-5-6-17-15(9-19(22)23-18(17)10-16)12-20-8-7-13-3-1-2-4-14(13)11-20/h1-6,9-10,21H,7-8,11-12H2. The fraction of sp³-hybridized carbons (Fsp3) is 0.211. The van der Waals surface area contributed by atoms with Crippen LogP contribution in [-0.2, 0) is 19.5 Å². The van der Waals surface area contributed by atoms with E-state index < -0.39 is 0 Å². The van der Waals surface area contributed by atoms with Crippen LogP contribution < -0.4 is 5.63 Å². The summed E-state index contributed by atoms with van der Waals surface area (Å²) in [5.41, 5.74) is 3.76. The van der Waals surface area contributed by atoms with Crippen molar-refractivity contribution in [1.29, 1.82) is 0 Å². The molecule has 4 heteroatoms. The second kappa shape index (κ2) is 5.56. The maximum Gasteiger partial charge on any atom is 0.336 e. The molecule has 1 aliphatic heterocycles. The zero-order valence-electron chi connectivity index (χ0n) is 12.7. The molecule has 0 amide bonds. The summed E-state index contributed by atoms with van der Waals surface area (Å²) in [4.78, 5) is 14.1. The first-order chi connectivity index (χ1) is 11.2. The van der Waals surface area contributed by atoms with Crippen LogP contribution in [0, 0.1) is 0 Å². The van der Waals surface area contributed by atoms with Crippen LogP contribution in [0.4, 0.5) is 0 Å². The molecule has 116 valence electrons. The van der Waals surface area contributed by atoms with Crippen molar-refractivity contribution in [2.24, 2.45) is 0 Å². The number of hydrogen-bond acceptors (Lipinski definition) is 4. The Kier molecular flexibility index (Phi) is 3.39. The average Bonchev–Trinajstić information content (AvgIpc) is 2.54. The second-order valence-electron chi connectivity index (χ2n) is 6.00. The lowest BCUT2D eigenvalue weighted by Gasteiger charge is -2.28. The van der Waals surface area contributed by atoms with E-state index in [0.717, 1.165) is 30.5 Å². The highest BCUT2D eigenvalue weighted by atomic mass is 16.4. The Morgan fingerprint density at radius 3 is 2.78 bits per heavy atom. The van der Waals surface area contributed by atoms with Gasteiger partial charge in [-0.25, -0.2) is 4.79 Å². The maximum atomic E-state index is 11.8. The molecule has 0 fully saturated rings. The Morgan fingerprint density at radius 2 is 1.91 bits per heavy atom. The molecule has 0 unspecified atom stereocenters. The second-order valence-corrected chi connectivity index (χ2v) is 6.00. The van der Waals surface area contributed by atoms with Crippen LogP contribution in [0.1, 0.15) is 16.7 Å². The molecule has 4 nitrogen and oxygen atoms in total. The number of phenolic OH excluding ortho intramolecular Hbond substituents is 1. The van der Waals surface area contributed by atoms with Crippen molar-refractivity contribution in [2.45, 2.75) is 19.5 Å². The summed E-state index contributed by atoms with van der Waals surface area (Å²) >= 11 is 0. The van der Waals surface area contributed by atoms with Gasteiger partial charge in [-0.2, -0.15) is 0 Å². The predicted octanol–water partition coefficient (Wildman–Crippen LogP) is 3.06. The van der Waals surface area contributed by atoms with Gasteiger partial charge in [-0.05, 0) is 35.2 Å². The van der Waals surface area contributed by atoms with E-state index in [0.29, 0.717) is 12.1 Å². The molecular weight excluding hydrogens is 290 g/mol. The van der Waals surface area contributed by atoms with E-state index in [4.69, 9.17) is 4.42 Å². The summed E-state index contributed by atoms with van der Waals surface area (Å²) < 4.78 is 5.19. The fourth-order valence-electron chi connectivity index (χ4n) is 3.28. The normalized spacial score (nSPS) is 14.8. The molecule has 2 heterocycles. The molecule has 0 aliphatic carbocycles. The van der Waals surface area contributed by atoms with E-state index in [2.05, 4.69) is 29.2 Å². The van der Waals surface area contributed by atoms with Crippen molar-refractivity contribution in [3.8, 4) is 5.75 Å². The molecule has 4 rings (SSSR count). The number of rotatable bonds is 2.